The van der Waals surface area contributed by atoms with Crippen molar-refractivity contribution in [3.05, 3.63) is 40.4 Å². The average Bonchev–Trinajstić information content (AvgIpc) is 2.99. The minimum absolute atomic E-state index is 0.350. The predicted molar refractivity (Wildman–Crippen MR) is 107 cm³/mol. The van der Waals surface area contributed by atoms with Gasteiger partial charge in [-0.1, -0.05) is 18.5 Å². The SMILES string of the molecule is CC[C@@H](C)OC1CCC(c2nnc3n2-c2ccc(Cl)cc2CN(C)C3)CC1. The van der Waals surface area contributed by atoms with Crippen molar-refractivity contribution in [1.82, 2.24) is 19.7 Å². The molecule has 1 aromatic heterocycles. The minimum atomic E-state index is 0.350. The Kier molecular flexibility index (Phi) is 5.53. The van der Waals surface area contributed by atoms with Crippen LogP contribution in [0.4, 0.5) is 0 Å². The van der Waals surface area contributed by atoms with Crippen LogP contribution < -0.4 is 0 Å². The topological polar surface area (TPSA) is 43.2 Å². The van der Waals surface area contributed by atoms with Gasteiger partial charge in [0.25, 0.3) is 0 Å². The van der Waals surface area contributed by atoms with E-state index < -0.39 is 0 Å². The number of ether oxygens (including phenoxy) is 1. The Morgan fingerprint density at radius 2 is 1.96 bits per heavy atom. The number of benzene rings is 1. The predicted octanol–water partition coefficient (Wildman–Crippen LogP) is 4.71. The van der Waals surface area contributed by atoms with Crippen LogP contribution in [0, 0.1) is 0 Å². The summed E-state index contributed by atoms with van der Waals surface area (Å²) in [6.45, 7) is 6.02. The van der Waals surface area contributed by atoms with E-state index in [9.17, 15) is 0 Å². The fourth-order valence-corrected chi connectivity index (χ4v) is 4.52. The highest BCUT2D eigenvalue weighted by molar-refractivity contribution is 6.30. The lowest BCUT2D eigenvalue weighted by Crippen LogP contribution is -2.25. The highest BCUT2D eigenvalue weighted by Gasteiger charge is 2.30. The van der Waals surface area contributed by atoms with E-state index in [0.29, 0.717) is 18.1 Å². The second-order valence-electron chi connectivity index (χ2n) is 8.08. The number of aromatic nitrogens is 3. The van der Waals surface area contributed by atoms with Crippen LogP contribution in [0.3, 0.4) is 0 Å². The normalized spacial score (nSPS) is 24.1. The van der Waals surface area contributed by atoms with Crippen LogP contribution in [-0.4, -0.2) is 38.9 Å². The molecule has 1 saturated carbocycles. The number of rotatable bonds is 4. The van der Waals surface area contributed by atoms with Crippen molar-refractivity contribution in [3.63, 3.8) is 0 Å². The third-order valence-electron chi connectivity index (χ3n) is 5.93. The second kappa shape index (κ2) is 7.90. The van der Waals surface area contributed by atoms with E-state index in [1.165, 1.54) is 11.3 Å². The van der Waals surface area contributed by atoms with E-state index in [2.05, 4.69) is 52.7 Å². The molecule has 1 aromatic carbocycles. The van der Waals surface area contributed by atoms with Crippen molar-refractivity contribution >= 4 is 11.6 Å². The first-order valence-electron chi connectivity index (χ1n) is 10.1. The van der Waals surface area contributed by atoms with Gasteiger partial charge < -0.3 is 4.74 Å². The van der Waals surface area contributed by atoms with E-state index in [-0.39, 0.29) is 0 Å². The summed E-state index contributed by atoms with van der Waals surface area (Å²) in [5.74, 6) is 2.56. The summed E-state index contributed by atoms with van der Waals surface area (Å²) in [7, 11) is 2.12. The number of halogens is 1. The van der Waals surface area contributed by atoms with Gasteiger partial charge in [0, 0.05) is 17.5 Å². The zero-order valence-corrected chi connectivity index (χ0v) is 17.2. The van der Waals surface area contributed by atoms with E-state index in [1.807, 2.05) is 6.07 Å². The van der Waals surface area contributed by atoms with Crippen molar-refractivity contribution < 1.29 is 4.74 Å². The monoisotopic (exact) mass is 388 g/mol. The molecule has 0 amide bonds. The van der Waals surface area contributed by atoms with Crippen molar-refractivity contribution in [2.45, 2.75) is 77.2 Å². The summed E-state index contributed by atoms with van der Waals surface area (Å²) >= 11 is 6.26. The maximum Gasteiger partial charge on any atom is 0.151 e. The Balaban J connectivity index is 1.60. The molecule has 0 bridgehead atoms. The summed E-state index contributed by atoms with van der Waals surface area (Å²) in [6, 6.07) is 6.16. The molecule has 0 N–H and O–H groups in total. The van der Waals surface area contributed by atoms with Crippen molar-refractivity contribution in [3.8, 4) is 5.69 Å². The summed E-state index contributed by atoms with van der Waals surface area (Å²) < 4.78 is 8.45. The summed E-state index contributed by atoms with van der Waals surface area (Å²) in [6.07, 6.45) is 6.23. The molecule has 0 saturated heterocycles. The molecule has 5 nitrogen and oxygen atoms in total. The molecule has 0 unspecified atom stereocenters. The number of fused-ring (bicyclic) bond motifs is 3. The van der Waals surface area contributed by atoms with E-state index in [1.54, 1.807) is 0 Å². The Bertz CT molecular complexity index is 797. The summed E-state index contributed by atoms with van der Waals surface area (Å²) in [5, 5.41) is 9.97. The second-order valence-corrected chi connectivity index (χ2v) is 8.52. The lowest BCUT2D eigenvalue weighted by molar-refractivity contribution is -0.0251. The molecule has 0 radical (unpaired) electrons. The standard InChI is InChI=1S/C21H29ClN4O/c1-4-14(2)27-18-8-5-15(6-9-18)21-24-23-20-13-25(3)12-16-11-17(22)7-10-19(16)26(20)21/h7,10-11,14-15,18H,4-6,8-9,12-13H2,1-3H3/t14-,15?,18?/m1/s1. The Labute approximate surface area is 166 Å². The van der Waals surface area contributed by atoms with E-state index in [0.717, 1.165) is 61.9 Å². The van der Waals surface area contributed by atoms with E-state index in [4.69, 9.17) is 16.3 Å². The molecule has 2 heterocycles. The van der Waals surface area contributed by atoms with Gasteiger partial charge >= 0.3 is 0 Å². The van der Waals surface area contributed by atoms with Crippen LogP contribution in [0.5, 0.6) is 0 Å². The van der Waals surface area contributed by atoms with Crippen molar-refractivity contribution in [1.29, 1.82) is 0 Å². The fraction of sp³-hybridized carbons (Fsp3) is 0.619. The van der Waals surface area contributed by atoms with Crippen LogP contribution in [0.2, 0.25) is 5.02 Å². The largest absolute Gasteiger partial charge is 0.375 e. The first kappa shape index (κ1) is 18.9. The average molecular weight is 389 g/mol. The van der Waals surface area contributed by atoms with Gasteiger partial charge in [0.15, 0.2) is 5.82 Å². The van der Waals surface area contributed by atoms with Gasteiger partial charge in [-0.3, -0.25) is 9.47 Å². The summed E-state index contributed by atoms with van der Waals surface area (Å²) in [4.78, 5) is 2.27. The Morgan fingerprint density at radius 1 is 1.19 bits per heavy atom. The quantitative estimate of drug-likeness (QED) is 0.760. The maximum atomic E-state index is 6.26. The molecule has 1 aliphatic carbocycles. The molecule has 27 heavy (non-hydrogen) atoms. The third kappa shape index (κ3) is 3.91. The first-order chi connectivity index (χ1) is 13.0. The van der Waals surface area contributed by atoms with E-state index >= 15 is 0 Å². The van der Waals surface area contributed by atoms with Crippen molar-refractivity contribution in [2.24, 2.45) is 0 Å². The maximum absolute atomic E-state index is 6.26. The molecule has 0 spiro atoms. The molecule has 2 aliphatic rings. The lowest BCUT2D eigenvalue weighted by Gasteiger charge is -2.30. The molecular weight excluding hydrogens is 360 g/mol. The zero-order chi connectivity index (χ0) is 19.0. The van der Waals surface area contributed by atoms with Crippen LogP contribution in [-0.2, 0) is 17.8 Å². The third-order valence-corrected chi connectivity index (χ3v) is 6.16. The molecule has 1 aliphatic heterocycles. The van der Waals surface area contributed by atoms with Crippen LogP contribution in [0.1, 0.15) is 69.1 Å². The fourth-order valence-electron chi connectivity index (χ4n) is 4.33. The van der Waals surface area contributed by atoms with Gasteiger partial charge in [0.2, 0.25) is 0 Å². The molecular formula is C21H29ClN4O. The Hall–Kier alpha value is -1.43. The smallest absolute Gasteiger partial charge is 0.151 e. The van der Waals surface area contributed by atoms with Crippen molar-refractivity contribution in [2.75, 3.05) is 7.05 Å². The van der Waals surface area contributed by atoms with Crippen LogP contribution >= 0.6 is 11.6 Å². The molecule has 146 valence electrons. The molecule has 1 atom stereocenters. The number of hydrogen-bond donors (Lipinski definition) is 0. The first-order valence-corrected chi connectivity index (χ1v) is 10.5. The highest BCUT2D eigenvalue weighted by Crippen LogP contribution is 2.36. The van der Waals surface area contributed by atoms with Gasteiger partial charge in [-0.15, -0.1) is 10.2 Å². The van der Waals surface area contributed by atoms with Crippen LogP contribution in [0.15, 0.2) is 18.2 Å². The number of hydrogen-bond acceptors (Lipinski definition) is 4. The zero-order valence-electron chi connectivity index (χ0n) is 16.5. The number of nitrogens with zero attached hydrogens (tertiary/aromatic N) is 4. The Morgan fingerprint density at radius 3 is 2.70 bits per heavy atom. The van der Waals surface area contributed by atoms with Gasteiger partial charge in [-0.05, 0) is 69.8 Å². The van der Waals surface area contributed by atoms with Gasteiger partial charge in [0.05, 0.1) is 24.4 Å². The van der Waals surface area contributed by atoms with Gasteiger partial charge in [0.1, 0.15) is 5.82 Å². The summed E-state index contributed by atoms with van der Waals surface area (Å²) in [5.41, 5.74) is 2.41. The molecule has 1 fully saturated rings. The molecule has 6 heteroatoms. The molecule has 2 aromatic rings. The van der Waals surface area contributed by atoms with Gasteiger partial charge in [-0.2, -0.15) is 0 Å². The van der Waals surface area contributed by atoms with Gasteiger partial charge in [-0.25, -0.2) is 0 Å². The lowest BCUT2D eigenvalue weighted by atomic mass is 9.86. The highest BCUT2D eigenvalue weighted by atomic mass is 35.5. The molecule has 4 rings (SSSR count). The minimum Gasteiger partial charge on any atom is -0.375 e. The van der Waals surface area contributed by atoms with Crippen LogP contribution in [0.25, 0.3) is 5.69 Å².